The second kappa shape index (κ2) is 6.36. The average molecular weight is 272 g/mol. The zero-order chi connectivity index (χ0) is 14.5. The van der Waals surface area contributed by atoms with Crippen molar-refractivity contribution in [2.75, 3.05) is 0 Å². The molecule has 0 aliphatic heterocycles. The SMILES string of the molecule is CC(C)CC(=O)NN=Cc1ccccc1C(F)(F)F. The Morgan fingerprint density at radius 1 is 1.37 bits per heavy atom. The minimum absolute atomic E-state index is 0.0835. The van der Waals surface area contributed by atoms with Gasteiger partial charge < -0.3 is 0 Å². The normalized spacial score (nSPS) is 12.1. The van der Waals surface area contributed by atoms with Gasteiger partial charge in [0.1, 0.15) is 0 Å². The Bertz CT molecular complexity index is 467. The van der Waals surface area contributed by atoms with E-state index in [1.54, 1.807) is 0 Å². The lowest BCUT2D eigenvalue weighted by molar-refractivity contribution is -0.137. The van der Waals surface area contributed by atoms with E-state index in [-0.39, 0.29) is 23.8 Å². The number of carbonyl (C=O) groups excluding carboxylic acids is 1. The number of hydrazone groups is 1. The van der Waals surface area contributed by atoms with E-state index in [1.807, 2.05) is 13.8 Å². The molecule has 1 amide bonds. The number of halogens is 3. The minimum Gasteiger partial charge on any atom is -0.273 e. The molecule has 0 unspecified atom stereocenters. The molecule has 3 nitrogen and oxygen atoms in total. The van der Waals surface area contributed by atoms with Crippen molar-refractivity contribution < 1.29 is 18.0 Å². The highest BCUT2D eigenvalue weighted by molar-refractivity contribution is 5.84. The number of hydrogen-bond acceptors (Lipinski definition) is 2. The molecule has 0 aromatic heterocycles. The lowest BCUT2D eigenvalue weighted by atomic mass is 10.1. The van der Waals surface area contributed by atoms with Crippen molar-refractivity contribution in [1.29, 1.82) is 0 Å². The summed E-state index contributed by atoms with van der Waals surface area (Å²) in [6.45, 7) is 3.73. The molecule has 1 aromatic carbocycles. The van der Waals surface area contributed by atoms with Gasteiger partial charge in [-0.1, -0.05) is 32.0 Å². The van der Waals surface area contributed by atoms with Crippen molar-refractivity contribution in [2.24, 2.45) is 11.0 Å². The summed E-state index contributed by atoms with van der Waals surface area (Å²) in [5.41, 5.74) is 1.34. The van der Waals surface area contributed by atoms with Crippen LogP contribution in [0.4, 0.5) is 13.2 Å². The molecule has 0 spiro atoms. The predicted molar refractivity (Wildman–Crippen MR) is 66.6 cm³/mol. The molecule has 1 rings (SSSR count). The van der Waals surface area contributed by atoms with Gasteiger partial charge in [0, 0.05) is 12.0 Å². The van der Waals surface area contributed by atoms with Crippen molar-refractivity contribution in [3.8, 4) is 0 Å². The first-order chi connectivity index (χ1) is 8.80. The van der Waals surface area contributed by atoms with E-state index in [1.165, 1.54) is 18.2 Å². The van der Waals surface area contributed by atoms with Gasteiger partial charge in [-0.25, -0.2) is 5.43 Å². The van der Waals surface area contributed by atoms with Gasteiger partial charge in [0.05, 0.1) is 11.8 Å². The maximum absolute atomic E-state index is 12.7. The topological polar surface area (TPSA) is 41.5 Å². The van der Waals surface area contributed by atoms with E-state index in [9.17, 15) is 18.0 Å². The fourth-order valence-electron chi connectivity index (χ4n) is 1.46. The zero-order valence-corrected chi connectivity index (χ0v) is 10.7. The van der Waals surface area contributed by atoms with Gasteiger partial charge >= 0.3 is 6.18 Å². The summed E-state index contributed by atoms with van der Waals surface area (Å²) in [6.07, 6.45) is -3.16. The van der Waals surface area contributed by atoms with E-state index in [0.29, 0.717) is 0 Å². The highest BCUT2D eigenvalue weighted by Gasteiger charge is 2.32. The molecule has 19 heavy (non-hydrogen) atoms. The van der Waals surface area contributed by atoms with Crippen LogP contribution in [0.15, 0.2) is 29.4 Å². The van der Waals surface area contributed by atoms with Crippen LogP contribution >= 0.6 is 0 Å². The molecule has 0 aliphatic carbocycles. The first-order valence-electron chi connectivity index (χ1n) is 5.79. The highest BCUT2D eigenvalue weighted by Crippen LogP contribution is 2.30. The summed E-state index contributed by atoms with van der Waals surface area (Å²) in [7, 11) is 0. The molecule has 104 valence electrons. The van der Waals surface area contributed by atoms with E-state index < -0.39 is 11.7 Å². The highest BCUT2D eigenvalue weighted by atomic mass is 19.4. The molecule has 0 saturated heterocycles. The minimum atomic E-state index is -4.44. The summed E-state index contributed by atoms with van der Waals surface area (Å²) >= 11 is 0. The van der Waals surface area contributed by atoms with Crippen molar-refractivity contribution in [2.45, 2.75) is 26.4 Å². The van der Waals surface area contributed by atoms with Crippen LogP contribution in [0.3, 0.4) is 0 Å². The van der Waals surface area contributed by atoms with E-state index in [4.69, 9.17) is 0 Å². The first-order valence-corrected chi connectivity index (χ1v) is 5.79. The van der Waals surface area contributed by atoms with Crippen LogP contribution in [0, 0.1) is 5.92 Å². The Morgan fingerprint density at radius 3 is 2.58 bits per heavy atom. The molecular weight excluding hydrogens is 257 g/mol. The molecule has 0 bridgehead atoms. The summed E-state index contributed by atoms with van der Waals surface area (Å²) in [6, 6.07) is 5.04. The number of benzene rings is 1. The van der Waals surface area contributed by atoms with Gasteiger partial charge in [-0.05, 0) is 12.0 Å². The van der Waals surface area contributed by atoms with Gasteiger partial charge in [-0.2, -0.15) is 18.3 Å². The Balaban J connectivity index is 2.75. The first kappa shape index (κ1) is 15.2. The third kappa shape index (κ3) is 5.11. The molecule has 0 fully saturated rings. The van der Waals surface area contributed by atoms with Crippen LogP contribution in [-0.4, -0.2) is 12.1 Å². The van der Waals surface area contributed by atoms with Gasteiger partial charge in [0.15, 0.2) is 0 Å². The summed E-state index contributed by atoms with van der Waals surface area (Å²) in [5.74, 6) is -0.159. The maximum Gasteiger partial charge on any atom is 0.417 e. The van der Waals surface area contributed by atoms with Gasteiger partial charge in [-0.15, -0.1) is 0 Å². The molecule has 0 radical (unpaired) electrons. The zero-order valence-electron chi connectivity index (χ0n) is 10.7. The maximum atomic E-state index is 12.7. The summed E-state index contributed by atoms with van der Waals surface area (Å²) in [4.78, 5) is 11.3. The number of carbonyl (C=O) groups is 1. The number of nitrogens with zero attached hydrogens (tertiary/aromatic N) is 1. The Hall–Kier alpha value is -1.85. The van der Waals surface area contributed by atoms with Crippen LogP contribution in [0.5, 0.6) is 0 Å². The van der Waals surface area contributed by atoms with Crippen LogP contribution in [-0.2, 0) is 11.0 Å². The number of amides is 1. The van der Waals surface area contributed by atoms with Crippen LogP contribution in [0.25, 0.3) is 0 Å². The quantitative estimate of drug-likeness (QED) is 0.663. The molecule has 0 heterocycles. The van der Waals surface area contributed by atoms with E-state index >= 15 is 0 Å². The van der Waals surface area contributed by atoms with Crippen LogP contribution in [0.2, 0.25) is 0 Å². The molecule has 6 heteroatoms. The smallest absolute Gasteiger partial charge is 0.273 e. The van der Waals surface area contributed by atoms with E-state index in [0.717, 1.165) is 12.3 Å². The largest absolute Gasteiger partial charge is 0.417 e. The Kier molecular flexibility index (Phi) is 5.09. The number of hydrogen-bond donors (Lipinski definition) is 1. The number of rotatable bonds is 4. The Labute approximate surface area is 109 Å². The van der Waals surface area contributed by atoms with Crippen molar-refractivity contribution in [3.05, 3.63) is 35.4 Å². The second-order valence-electron chi connectivity index (χ2n) is 4.48. The second-order valence-corrected chi connectivity index (χ2v) is 4.48. The summed E-state index contributed by atoms with van der Waals surface area (Å²) in [5, 5.41) is 3.54. The molecule has 0 aliphatic rings. The third-order valence-corrected chi connectivity index (χ3v) is 2.25. The molecule has 1 aromatic rings. The molecule has 0 atom stereocenters. The average Bonchev–Trinajstić information content (AvgIpc) is 2.27. The molecule has 1 N–H and O–H groups in total. The van der Waals surface area contributed by atoms with Gasteiger partial charge in [-0.3, -0.25) is 4.79 Å². The lowest BCUT2D eigenvalue weighted by Crippen LogP contribution is -2.19. The molecule has 0 saturated carbocycles. The molecular formula is C13H15F3N2O. The van der Waals surface area contributed by atoms with Crippen molar-refractivity contribution in [3.63, 3.8) is 0 Å². The summed E-state index contributed by atoms with van der Waals surface area (Å²) < 4.78 is 38.0. The number of nitrogens with one attached hydrogen (secondary N) is 1. The van der Waals surface area contributed by atoms with Gasteiger partial charge in [0.25, 0.3) is 0 Å². The van der Waals surface area contributed by atoms with Crippen LogP contribution < -0.4 is 5.43 Å². The van der Waals surface area contributed by atoms with Crippen molar-refractivity contribution >= 4 is 12.1 Å². The third-order valence-electron chi connectivity index (χ3n) is 2.25. The van der Waals surface area contributed by atoms with Gasteiger partial charge in [0.2, 0.25) is 5.91 Å². The lowest BCUT2D eigenvalue weighted by Gasteiger charge is -2.09. The van der Waals surface area contributed by atoms with E-state index in [2.05, 4.69) is 10.5 Å². The van der Waals surface area contributed by atoms with Crippen molar-refractivity contribution in [1.82, 2.24) is 5.43 Å². The Morgan fingerprint density at radius 2 is 2.00 bits per heavy atom. The standard InChI is InChI=1S/C13H15F3N2O/c1-9(2)7-12(19)18-17-8-10-5-3-4-6-11(10)13(14,15)16/h3-6,8-9H,7H2,1-2H3,(H,18,19). The van der Waals surface area contributed by atoms with Crippen LogP contribution in [0.1, 0.15) is 31.4 Å². The fourth-order valence-corrected chi connectivity index (χ4v) is 1.46. The monoisotopic (exact) mass is 272 g/mol. The fraction of sp³-hybridized carbons (Fsp3) is 0.385. The number of alkyl halides is 3. The predicted octanol–water partition coefficient (Wildman–Crippen LogP) is 3.20.